The summed E-state index contributed by atoms with van der Waals surface area (Å²) in [5, 5.41) is 3.51. The summed E-state index contributed by atoms with van der Waals surface area (Å²) in [5.74, 6) is 0.802. The first kappa shape index (κ1) is 11.7. The van der Waals surface area contributed by atoms with E-state index in [-0.39, 0.29) is 0 Å². The maximum atomic E-state index is 5.73. The lowest BCUT2D eigenvalue weighted by molar-refractivity contribution is 0.267. The van der Waals surface area contributed by atoms with E-state index in [4.69, 9.17) is 4.42 Å². The van der Waals surface area contributed by atoms with Crippen LogP contribution in [-0.4, -0.2) is 36.1 Å². The average molecular weight is 245 g/mol. The highest BCUT2D eigenvalue weighted by Crippen LogP contribution is 2.16. The molecule has 0 aliphatic carbocycles. The van der Waals surface area contributed by atoms with Crippen LogP contribution in [0.2, 0.25) is 0 Å². The third kappa shape index (κ3) is 2.54. The van der Waals surface area contributed by atoms with Crippen molar-refractivity contribution in [3.8, 4) is 0 Å². The SMILES string of the molecule is CN(Cc1nc2ccccc2o1)CC1CCCN1. The van der Waals surface area contributed by atoms with Crippen molar-refractivity contribution in [3.63, 3.8) is 0 Å². The Morgan fingerprint density at radius 2 is 2.33 bits per heavy atom. The fourth-order valence-corrected chi connectivity index (χ4v) is 2.57. The van der Waals surface area contributed by atoms with Gasteiger partial charge in [0.2, 0.25) is 5.89 Å². The van der Waals surface area contributed by atoms with Crippen molar-refractivity contribution < 1.29 is 4.42 Å². The highest BCUT2D eigenvalue weighted by atomic mass is 16.3. The van der Waals surface area contributed by atoms with Crippen molar-refractivity contribution >= 4 is 11.1 Å². The van der Waals surface area contributed by atoms with E-state index in [1.807, 2.05) is 24.3 Å². The van der Waals surface area contributed by atoms with Crippen molar-refractivity contribution in [2.75, 3.05) is 20.1 Å². The number of para-hydroxylation sites is 2. The Bertz CT molecular complexity index is 483. The van der Waals surface area contributed by atoms with Crippen molar-refractivity contribution in [3.05, 3.63) is 30.2 Å². The van der Waals surface area contributed by atoms with Gasteiger partial charge in [-0.25, -0.2) is 4.98 Å². The number of benzene rings is 1. The number of rotatable bonds is 4. The summed E-state index contributed by atoms with van der Waals surface area (Å²) in [6.45, 7) is 2.98. The van der Waals surface area contributed by atoms with Gasteiger partial charge in [-0.15, -0.1) is 0 Å². The number of nitrogens with zero attached hydrogens (tertiary/aromatic N) is 2. The van der Waals surface area contributed by atoms with Gasteiger partial charge in [-0.3, -0.25) is 4.90 Å². The minimum absolute atomic E-state index is 0.624. The Morgan fingerprint density at radius 1 is 1.44 bits per heavy atom. The number of fused-ring (bicyclic) bond motifs is 1. The number of hydrogen-bond donors (Lipinski definition) is 1. The number of aromatic nitrogens is 1. The Morgan fingerprint density at radius 3 is 3.11 bits per heavy atom. The maximum absolute atomic E-state index is 5.73. The van der Waals surface area contributed by atoms with Gasteiger partial charge in [0.15, 0.2) is 5.58 Å². The second kappa shape index (κ2) is 5.08. The van der Waals surface area contributed by atoms with Gasteiger partial charge in [-0.05, 0) is 38.6 Å². The van der Waals surface area contributed by atoms with E-state index >= 15 is 0 Å². The van der Waals surface area contributed by atoms with Crippen LogP contribution < -0.4 is 5.32 Å². The van der Waals surface area contributed by atoms with E-state index in [0.717, 1.165) is 36.6 Å². The molecule has 0 bridgehead atoms. The van der Waals surface area contributed by atoms with Crippen LogP contribution in [0, 0.1) is 0 Å². The molecule has 4 heteroatoms. The van der Waals surface area contributed by atoms with E-state index < -0.39 is 0 Å². The molecule has 1 aliphatic rings. The van der Waals surface area contributed by atoms with E-state index in [9.17, 15) is 0 Å². The Labute approximate surface area is 107 Å². The van der Waals surface area contributed by atoms with Crippen LogP contribution >= 0.6 is 0 Å². The van der Waals surface area contributed by atoms with Gasteiger partial charge in [-0.2, -0.15) is 0 Å². The molecule has 0 radical (unpaired) electrons. The van der Waals surface area contributed by atoms with Crippen molar-refractivity contribution in [1.82, 2.24) is 15.2 Å². The third-order valence-corrected chi connectivity index (χ3v) is 3.44. The van der Waals surface area contributed by atoms with Crippen LogP contribution in [0.15, 0.2) is 28.7 Å². The molecule has 2 heterocycles. The predicted octanol–water partition coefficient (Wildman–Crippen LogP) is 2.01. The normalized spacial score (nSPS) is 20.0. The van der Waals surface area contributed by atoms with Gasteiger partial charge >= 0.3 is 0 Å². The molecule has 1 aliphatic heterocycles. The Hall–Kier alpha value is -1.39. The molecule has 1 fully saturated rings. The third-order valence-electron chi connectivity index (χ3n) is 3.44. The highest BCUT2D eigenvalue weighted by molar-refractivity contribution is 5.72. The van der Waals surface area contributed by atoms with Crippen LogP contribution in [-0.2, 0) is 6.54 Å². The molecule has 4 nitrogen and oxygen atoms in total. The monoisotopic (exact) mass is 245 g/mol. The second-order valence-electron chi connectivity index (χ2n) is 5.07. The van der Waals surface area contributed by atoms with Crippen molar-refractivity contribution in [2.45, 2.75) is 25.4 Å². The summed E-state index contributed by atoms with van der Waals surface area (Å²) >= 11 is 0. The minimum atomic E-state index is 0.624. The molecule has 1 aromatic carbocycles. The fourth-order valence-electron chi connectivity index (χ4n) is 2.57. The summed E-state index contributed by atoms with van der Waals surface area (Å²) in [4.78, 5) is 6.77. The number of oxazole rings is 1. The molecule has 18 heavy (non-hydrogen) atoms. The molecule has 1 N–H and O–H groups in total. The summed E-state index contributed by atoms with van der Waals surface area (Å²) in [6.07, 6.45) is 2.57. The van der Waals surface area contributed by atoms with Gasteiger partial charge in [0.1, 0.15) is 5.52 Å². The van der Waals surface area contributed by atoms with Crippen LogP contribution in [0.3, 0.4) is 0 Å². The molecular weight excluding hydrogens is 226 g/mol. The van der Waals surface area contributed by atoms with Gasteiger partial charge in [-0.1, -0.05) is 12.1 Å². The Kier molecular flexibility index (Phi) is 3.30. The molecular formula is C14H19N3O. The van der Waals surface area contributed by atoms with Gasteiger partial charge < -0.3 is 9.73 Å². The zero-order chi connectivity index (χ0) is 12.4. The maximum Gasteiger partial charge on any atom is 0.209 e. The molecule has 3 rings (SSSR count). The molecule has 96 valence electrons. The van der Waals surface area contributed by atoms with E-state index in [1.165, 1.54) is 12.8 Å². The molecule has 0 spiro atoms. The fraction of sp³-hybridized carbons (Fsp3) is 0.500. The second-order valence-corrected chi connectivity index (χ2v) is 5.07. The van der Waals surface area contributed by atoms with E-state index in [0.29, 0.717) is 6.04 Å². The Balaban J connectivity index is 1.64. The lowest BCUT2D eigenvalue weighted by Gasteiger charge is -2.19. The quantitative estimate of drug-likeness (QED) is 0.894. The van der Waals surface area contributed by atoms with Crippen LogP contribution in [0.1, 0.15) is 18.7 Å². The lowest BCUT2D eigenvalue weighted by Crippen LogP contribution is -2.34. The smallest absolute Gasteiger partial charge is 0.209 e. The number of hydrogen-bond acceptors (Lipinski definition) is 4. The van der Waals surface area contributed by atoms with Crippen LogP contribution in [0.25, 0.3) is 11.1 Å². The highest BCUT2D eigenvalue weighted by Gasteiger charge is 2.17. The summed E-state index contributed by atoms with van der Waals surface area (Å²) in [7, 11) is 2.12. The number of likely N-dealkylation sites (N-methyl/N-ethyl adjacent to an activating group) is 1. The van der Waals surface area contributed by atoms with Gasteiger partial charge in [0.25, 0.3) is 0 Å². The molecule has 1 atom stereocenters. The zero-order valence-corrected chi connectivity index (χ0v) is 10.7. The predicted molar refractivity (Wildman–Crippen MR) is 71.4 cm³/mol. The average Bonchev–Trinajstić information content (AvgIpc) is 2.96. The standard InChI is InChI=1S/C14H19N3O/c1-17(9-11-5-4-8-15-11)10-14-16-12-6-2-3-7-13(12)18-14/h2-3,6-7,11,15H,4-5,8-10H2,1H3. The van der Waals surface area contributed by atoms with E-state index in [1.54, 1.807) is 0 Å². The van der Waals surface area contributed by atoms with Crippen LogP contribution in [0.4, 0.5) is 0 Å². The first-order valence-corrected chi connectivity index (χ1v) is 6.57. The summed E-state index contributed by atoms with van der Waals surface area (Å²) in [6, 6.07) is 8.54. The topological polar surface area (TPSA) is 41.3 Å². The molecule has 0 saturated carbocycles. The molecule has 0 amide bonds. The van der Waals surface area contributed by atoms with Gasteiger partial charge in [0, 0.05) is 12.6 Å². The summed E-state index contributed by atoms with van der Waals surface area (Å²) in [5.41, 5.74) is 1.82. The molecule has 2 aromatic rings. The molecule has 1 unspecified atom stereocenters. The lowest BCUT2D eigenvalue weighted by atomic mass is 10.2. The first-order valence-electron chi connectivity index (χ1n) is 6.57. The molecule has 1 aromatic heterocycles. The van der Waals surface area contributed by atoms with Crippen LogP contribution in [0.5, 0.6) is 0 Å². The first-order chi connectivity index (χ1) is 8.81. The summed E-state index contributed by atoms with van der Waals surface area (Å²) < 4.78 is 5.73. The van der Waals surface area contributed by atoms with Crippen molar-refractivity contribution in [1.29, 1.82) is 0 Å². The van der Waals surface area contributed by atoms with Crippen molar-refractivity contribution in [2.24, 2.45) is 0 Å². The minimum Gasteiger partial charge on any atom is -0.439 e. The number of nitrogens with one attached hydrogen (secondary N) is 1. The van der Waals surface area contributed by atoms with Gasteiger partial charge in [0.05, 0.1) is 6.54 Å². The largest absolute Gasteiger partial charge is 0.439 e. The van der Waals surface area contributed by atoms with E-state index in [2.05, 4.69) is 22.2 Å². The zero-order valence-electron chi connectivity index (χ0n) is 10.7. The molecule has 1 saturated heterocycles.